The predicted molar refractivity (Wildman–Crippen MR) is 138 cm³/mol. The number of rotatable bonds is 8. The van der Waals surface area contributed by atoms with E-state index in [1.165, 1.54) is 24.1 Å². The van der Waals surface area contributed by atoms with Crippen molar-refractivity contribution in [2.45, 2.75) is 44.6 Å². The molecule has 0 bridgehead atoms. The Kier molecular flexibility index (Phi) is 6.18. The summed E-state index contributed by atoms with van der Waals surface area (Å²) in [5.74, 6) is -0.189. The van der Waals surface area contributed by atoms with Crippen LogP contribution in [0.4, 0.5) is 0 Å². The Balaban J connectivity index is 1.21. The first-order chi connectivity index (χ1) is 18.1. The molecule has 1 N–H and O–H groups in total. The summed E-state index contributed by atoms with van der Waals surface area (Å²) in [6.45, 7) is 0.525. The van der Waals surface area contributed by atoms with Crippen molar-refractivity contribution in [2.75, 3.05) is 6.61 Å². The van der Waals surface area contributed by atoms with E-state index in [0.717, 1.165) is 41.6 Å². The van der Waals surface area contributed by atoms with Gasteiger partial charge in [-0.05, 0) is 67.1 Å². The number of pyridine rings is 2. The minimum atomic E-state index is -0.927. The van der Waals surface area contributed by atoms with Crippen molar-refractivity contribution in [2.24, 2.45) is 0 Å². The molecule has 9 nitrogen and oxygen atoms in total. The van der Waals surface area contributed by atoms with Gasteiger partial charge in [-0.1, -0.05) is 6.07 Å². The Labute approximate surface area is 213 Å². The van der Waals surface area contributed by atoms with E-state index in [0.29, 0.717) is 23.3 Å². The van der Waals surface area contributed by atoms with Gasteiger partial charge < -0.3 is 9.84 Å². The molecule has 186 valence electrons. The molecule has 0 saturated carbocycles. The lowest BCUT2D eigenvalue weighted by Crippen LogP contribution is -2.16. The number of hydrogen-bond donors (Lipinski definition) is 1. The number of carbonyl (C=O) groups is 1. The van der Waals surface area contributed by atoms with Crippen LogP contribution in [0, 0.1) is 0 Å². The lowest BCUT2D eigenvalue weighted by atomic mass is 9.96. The summed E-state index contributed by atoms with van der Waals surface area (Å²) in [7, 11) is 0. The van der Waals surface area contributed by atoms with Crippen molar-refractivity contribution in [1.82, 2.24) is 29.7 Å². The van der Waals surface area contributed by atoms with E-state index in [1.807, 2.05) is 24.3 Å². The lowest BCUT2D eigenvalue weighted by Gasteiger charge is -2.17. The fraction of sp³-hybridized carbons (Fsp3) is 0.286. The summed E-state index contributed by atoms with van der Waals surface area (Å²) in [4.78, 5) is 29.4. The maximum Gasteiger partial charge on any atom is 0.305 e. The zero-order valence-corrected chi connectivity index (χ0v) is 20.2. The van der Waals surface area contributed by atoms with Crippen molar-refractivity contribution in [3.8, 4) is 5.75 Å². The lowest BCUT2D eigenvalue weighted by molar-refractivity contribution is -0.137. The van der Waals surface area contributed by atoms with Gasteiger partial charge in [0.25, 0.3) is 0 Å². The van der Waals surface area contributed by atoms with Crippen LogP contribution >= 0.6 is 0 Å². The maximum atomic E-state index is 11.7. The minimum absolute atomic E-state index is 0.143. The molecule has 6 rings (SSSR count). The average Bonchev–Trinajstić information content (AvgIpc) is 3.34. The highest BCUT2D eigenvalue weighted by molar-refractivity contribution is 5.81. The van der Waals surface area contributed by atoms with Crippen LogP contribution in [0.15, 0.2) is 61.2 Å². The van der Waals surface area contributed by atoms with Crippen LogP contribution in [0.5, 0.6) is 5.75 Å². The number of carboxylic acids is 1. The monoisotopic (exact) mass is 494 g/mol. The molecule has 0 unspecified atom stereocenters. The van der Waals surface area contributed by atoms with Crippen molar-refractivity contribution in [1.29, 1.82) is 0 Å². The fourth-order valence-corrected chi connectivity index (χ4v) is 4.98. The molecule has 0 radical (unpaired) electrons. The van der Waals surface area contributed by atoms with E-state index < -0.39 is 12.0 Å². The van der Waals surface area contributed by atoms with E-state index in [1.54, 1.807) is 29.5 Å². The smallest absolute Gasteiger partial charge is 0.305 e. The number of carboxylic acid groups (broad SMARTS) is 1. The number of fused-ring (bicyclic) bond motifs is 3. The predicted octanol–water partition coefficient (Wildman–Crippen LogP) is 4.33. The normalized spacial score (nSPS) is 13.9. The van der Waals surface area contributed by atoms with Gasteiger partial charge in [0, 0.05) is 41.8 Å². The van der Waals surface area contributed by atoms with Crippen molar-refractivity contribution in [3.05, 3.63) is 83.7 Å². The topological polar surface area (TPSA) is 116 Å². The number of aryl methyl sites for hydroxylation is 2. The number of ether oxygens (including phenoxy) is 1. The van der Waals surface area contributed by atoms with Gasteiger partial charge >= 0.3 is 5.97 Å². The first kappa shape index (κ1) is 23.0. The first-order valence-corrected chi connectivity index (χ1v) is 12.5. The fourth-order valence-electron chi connectivity index (χ4n) is 4.98. The van der Waals surface area contributed by atoms with E-state index >= 15 is 0 Å². The summed E-state index contributed by atoms with van der Waals surface area (Å²) in [6, 6.07) is 11.3. The van der Waals surface area contributed by atoms with Gasteiger partial charge in [0.1, 0.15) is 11.3 Å². The molecule has 1 aliphatic rings. The molecule has 37 heavy (non-hydrogen) atoms. The van der Waals surface area contributed by atoms with Gasteiger partial charge in [-0.3, -0.25) is 19.4 Å². The molecule has 0 amide bonds. The van der Waals surface area contributed by atoms with Gasteiger partial charge in [0.15, 0.2) is 5.65 Å². The Bertz CT molecular complexity index is 1600. The molecule has 0 aliphatic heterocycles. The highest BCUT2D eigenvalue weighted by Gasteiger charge is 2.22. The van der Waals surface area contributed by atoms with Gasteiger partial charge in [-0.2, -0.15) is 5.10 Å². The van der Waals surface area contributed by atoms with E-state index in [-0.39, 0.29) is 6.42 Å². The largest absolute Gasteiger partial charge is 0.493 e. The standard InChI is InChI=1S/C28H26N6O3/c35-27(36)15-26(20-14-24-28(31-16-20)30-11-10-29-24)34-25-8-7-22(13-19(25)17-32-34)37-12-9-21-6-5-18-3-1-2-4-23(18)33-21/h5-8,10-11,13-14,16-17,26H,1-4,9,12,15H2,(H,35,36)/t26-/m1/s1. The maximum absolute atomic E-state index is 11.7. The molecule has 1 aliphatic carbocycles. The molecule has 5 aromatic rings. The second kappa shape index (κ2) is 9.93. The number of aliphatic carboxylic acids is 1. The third-order valence-corrected chi connectivity index (χ3v) is 6.82. The summed E-state index contributed by atoms with van der Waals surface area (Å²) >= 11 is 0. The number of aromatic nitrogens is 6. The van der Waals surface area contributed by atoms with Crippen molar-refractivity contribution in [3.63, 3.8) is 0 Å². The highest BCUT2D eigenvalue weighted by atomic mass is 16.5. The summed E-state index contributed by atoms with van der Waals surface area (Å²) in [6.07, 6.45) is 11.8. The Morgan fingerprint density at radius 3 is 2.84 bits per heavy atom. The molecular formula is C28H26N6O3. The summed E-state index contributed by atoms with van der Waals surface area (Å²) in [5, 5.41) is 15.0. The second-order valence-electron chi connectivity index (χ2n) is 9.31. The molecule has 0 spiro atoms. The molecule has 1 aromatic carbocycles. The van der Waals surface area contributed by atoms with E-state index in [4.69, 9.17) is 9.72 Å². The van der Waals surface area contributed by atoms with Crippen LogP contribution in [0.25, 0.3) is 22.1 Å². The third-order valence-electron chi connectivity index (χ3n) is 6.82. The first-order valence-electron chi connectivity index (χ1n) is 12.5. The molecule has 4 aromatic heterocycles. The SMILES string of the molecule is O=C(O)C[C@H](c1cnc2nccnc2c1)n1ncc2cc(OCCc3ccc4c(n3)CCCC4)ccc21. The Hall–Kier alpha value is -4.40. The van der Waals surface area contributed by atoms with E-state index in [2.05, 4.69) is 32.2 Å². The van der Waals surface area contributed by atoms with E-state index in [9.17, 15) is 9.90 Å². The highest BCUT2D eigenvalue weighted by Crippen LogP contribution is 2.29. The summed E-state index contributed by atoms with van der Waals surface area (Å²) < 4.78 is 7.76. The molecule has 0 saturated heterocycles. The van der Waals surface area contributed by atoms with Gasteiger partial charge in [0.05, 0.1) is 30.8 Å². The molecule has 1 atom stereocenters. The van der Waals surface area contributed by atoms with Crippen LogP contribution in [0.3, 0.4) is 0 Å². The van der Waals surface area contributed by atoms with Gasteiger partial charge in [-0.15, -0.1) is 0 Å². The Morgan fingerprint density at radius 1 is 1.03 bits per heavy atom. The quantitative estimate of drug-likeness (QED) is 0.339. The van der Waals surface area contributed by atoms with Crippen molar-refractivity contribution < 1.29 is 14.6 Å². The zero-order chi connectivity index (χ0) is 25.2. The van der Waals surface area contributed by atoms with Crippen LogP contribution in [-0.2, 0) is 24.1 Å². The van der Waals surface area contributed by atoms with Crippen LogP contribution in [0.2, 0.25) is 0 Å². The van der Waals surface area contributed by atoms with Gasteiger partial charge in [-0.25, -0.2) is 9.97 Å². The molecular weight excluding hydrogens is 468 g/mol. The van der Waals surface area contributed by atoms with Crippen LogP contribution in [0.1, 0.15) is 47.8 Å². The molecule has 9 heteroatoms. The van der Waals surface area contributed by atoms with Crippen molar-refractivity contribution >= 4 is 28.0 Å². The summed E-state index contributed by atoms with van der Waals surface area (Å²) in [5.41, 5.74) is 6.32. The minimum Gasteiger partial charge on any atom is -0.493 e. The number of hydrogen-bond acceptors (Lipinski definition) is 7. The van der Waals surface area contributed by atoms with Gasteiger partial charge in [0.2, 0.25) is 0 Å². The molecule has 0 fully saturated rings. The Morgan fingerprint density at radius 2 is 1.92 bits per heavy atom. The number of benzene rings is 1. The zero-order valence-electron chi connectivity index (χ0n) is 20.2. The van der Waals surface area contributed by atoms with Crippen LogP contribution < -0.4 is 4.74 Å². The average molecular weight is 495 g/mol. The molecule has 4 heterocycles. The third kappa shape index (κ3) is 4.84. The second-order valence-corrected chi connectivity index (χ2v) is 9.31. The number of nitrogens with zero attached hydrogens (tertiary/aromatic N) is 6. The van der Waals surface area contributed by atoms with Crippen LogP contribution in [-0.4, -0.2) is 47.4 Å².